The molecule has 1 aliphatic carbocycles. The fourth-order valence-corrected chi connectivity index (χ4v) is 10.7. The largest absolute Gasteiger partial charge is 0.392 e. The van der Waals surface area contributed by atoms with Gasteiger partial charge in [-0.2, -0.15) is 0 Å². The Kier molecular flexibility index (Phi) is 5.20. The first-order valence-electron chi connectivity index (χ1n) is 16.5. The van der Waals surface area contributed by atoms with Gasteiger partial charge in [-0.25, -0.2) is 4.99 Å². The van der Waals surface area contributed by atoms with Crippen LogP contribution in [-0.4, -0.2) is 64.4 Å². The average molecular weight is 583 g/mol. The van der Waals surface area contributed by atoms with Crippen molar-refractivity contribution in [3.63, 3.8) is 0 Å². The molecule has 1 spiro atoms. The Morgan fingerprint density at radius 3 is 2.82 bits per heavy atom. The van der Waals surface area contributed by atoms with E-state index in [2.05, 4.69) is 88.6 Å². The molecule has 6 nitrogen and oxygen atoms in total. The molecule has 1 saturated carbocycles. The summed E-state index contributed by atoms with van der Waals surface area (Å²) in [5.74, 6) is 0.307. The van der Waals surface area contributed by atoms with Gasteiger partial charge in [0, 0.05) is 59.3 Å². The molecule has 6 heteroatoms. The van der Waals surface area contributed by atoms with E-state index in [0.29, 0.717) is 6.04 Å². The van der Waals surface area contributed by atoms with Crippen molar-refractivity contribution in [2.24, 2.45) is 16.8 Å². The molecule has 2 saturated heterocycles. The molecule has 0 unspecified atom stereocenters. The van der Waals surface area contributed by atoms with Crippen LogP contribution in [0.25, 0.3) is 5.57 Å². The molecule has 0 radical (unpaired) electrons. The van der Waals surface area contributed by atoms with Gasteiger partial charge in [0.2, 0.25) is 0 Å². The van der Waals surface area contributed by atoms with E-state index >= 15 is 0 Å². The molecule has 7 aliphatic heterocycles. The number of aliphatic hydroxyl groups excluding tert-OH is 2. The van der Waals surface area contributed by atoms with Crippen LogP contribution in [0.15, 0.2) is 112 Å². The van der Waals surface area contributed by atoms with Crippen LogP contribution in [-0.2, 0) is 5.41 Å². The van der Waals surface area contributed by atoms with Crippen molar-refractivity contribution in [2.75, 3.05) is 31.1 Å². The summed E-state index contributed by atoms with van der Waals surface area (Å²) >= 11 is 0. The summed E-state index contributed by atoms with van der Waals surface area (Å²) in [7, 11) is 0. The molecule has 7 heterocycles. The van der Waals surface area contributed by atoms with Crippen LogP contribution in [0.2, 0.25) is 0 Å². The zero-order valence-corrected chi connectivity index (χ0v) is 25.2. The second kappa shape index (κ2) is 8.94. The summed E-state index contributed by atoms with van der Waals surface area (Å²) < 4.78 is 0. The lowest BCUT2D eigenvalue weighted by molar-refractivity contribution is -0.00914. The first-order valence-corrected chi connectivity index (χ1v) is 16.5. The van der Waals surface area contributed by atoms with Gasteiger partial charge in [-0.15, -0.1) is 0 Å². The van der Waals surface area contributed by atoms with E-state index in [1.165, 1.54) is 33.2 Å². The summed E-state index contributed by atoms with van der Waals surface area (Å²) in [5.41, 5.74) is 11.2. The molecule has 2 bridgehead atoms. The highest BCUT2D eigenvalue weighted by Crippen LogP contribution is 2.65. The zero-order valence-electron chi connectivity index (χ0n) is 25.2. The van der Waals surface area contributed by atoms with Crippen molar-refractivity contribution in [3.05, 3.63) is 123 Å². The van der Waals surface area contributed by atoms with Crippen molar-refractivity contribution in [2.45, 2.75) is 56.2 Å². The number of hydrogen-bond donors (Lipinski definition) is 2. The van der Waals surface area contributed by atoms with Crippen LogP contribution < -0.4 is 15.5 Å². The van der Waals surface area contributed by atoms with Gasteiger partial charge in [0.15, 0.2) is 0 Å². The molecule has 44 heavy (non-hydrogen) atoms. The van der Waals surface area contributed by atoms with E-state index in [0.717, 1.165) is 73.2 Å². The fraction of sp³-hybridized carbons (Fsp3) is 0.395. The second-order valence-corrected chi connectivity index (χ2v) is 13.9. The standard InChI is InChI=1S/C38H38N4O2/c1-2-22-19-40-14-11-25-24-7-3-5-9-30(24)39-35(25)32(40)17-26(22)28-21-42-31-10-6-4-8-29(31)38-13-15-41-20-23(12-16-43)27(18-33(38)41)34(36(28)44)37(38)42/h3-10,12,17,19,21,27,33-34,36-37,43-44H,2,11,13-16,18,20H2,1H3/b23-12-/t27-,33-,34-,36+,37-,38+/m0/s1. The Labute approximate surface area is 258 Å². The molecule has 0 amide bonds. The lowest BCUT2D eigenvalue weighted by atomic mass is 9.53. The van der Waals surface area contributed by atoms with Crippen LogP contribution in [0.3, 0.4) is 0 Å². The van der Waals surface area contributed by atoms with Crippen LogP contribution in [0.5, 0.6) is 0 Å². The molecular weight excluding hydrogens is 544 g/mol. The third-order valence-electron chi connectivity index (χ3n) is 12.4. The van der Waals surface area contributed by atoms with Crippen LogP contribution in [0, 0.1) is 11.8 Å². The summed E-state index contributed by atoms with van der Waals surface area (Å²) in [5, 5.41) is 25.1. The minimum atomic E-state index is -0.592. The Morgan fingerprint density at radius 1 is 1.07 bits per heavy atom. The van der Waals surface area contributed by atoms with Gasteiger partial charge >= 0.3 is 0 Å². The Balaban J connectivity index is 1.19. The van der Waals surface area contributed by atoms with E-state index in [1.807, 2.05) is 6.08 Å². The molecule has 2 aromatic carbocycles. The zero-order chi connectivity index (χ0) is 29.3. The van der Waals surface area contributed by atoms with Crippen LogP contribution in [0.4, 0.5) is 5.69 Å². The molecular formula is C38H38N4O2. The van der Waals surface area contributed by atoms with Crippen molar-refractivity contribution < 1.29 is 10.2 Å². The average Bonchev–Trinajstić information content (AvgIpc) is 3.73. The number of nitrogens with zero attached hydrogens (tertiary/aromatic N) is 4. The van der Waals surface area contributed by atoms with Gasteiger partial charge in [-0.05, 0) is 78.6 Å². The van der Waals surface area contributed by atoms with Gasteiger partial charge in [0.1, 0.15) is 0 Å². The predicted octanol–water partition coefficient (Wildman–Crippen LogP) is 3.65. The number of rotatable bonds is 3. The highest BCUT2D eigenvalue weighted by atomic mass is 16.3. The van der Waals surface area contributed by atoms with Crippen LogP contribution in [0.1, 0.15) is 38.2 Å². The highest BCUT2D eigenvalue weighted by Gasteiger charge is 2.69. The van der Waals surface area contributed by atoms with E-state index < -0.39 is 6.10 Å². The molecule has 2 aromatic rings. The summed E-state index contributed by atoms with van der Waals surface area (Å²) in [6, 6.07) is 18.2. The highest BCUT2D eigenvalue weighted by molar-refractivity contribution is 5.74. The maximum absolute atomic E-state index is 12.7. The van der Waals surface area contributed by atoms with Crippen molar-refractivity contribution in [1.29, 1.82) is 0 Å². The predicted molar refractivity (Wildman–Crippen MR) is 171 cm³/mol. The fourth-order valence-electron chi connectivity index (χ4n) is 10.7. The van der Waals surface area contributed by atoms with E-state index in [1.54, 1.807) is 0 Å². The second-order valence-electron chi connectivity index (χ2n) is 13.9. The Bertz CT molecular complexity index is 1930. The Morgan fingerprint density at radius 2 is 1.93 bits per heavy atom. The van der Waals surface area contributed by atoms with Crippen molar-refractivity contribution in [3.8, 4) is 0 Å². The molecule has 3 fully saturated rings. The molecule has 2 N–H and O–H groups in total. The molecule has 10 rings (SSSR count). The smallest absolute Gasteiger partial charge is 0.0913 e. The van der Waals surface area contributed by atoms with Gasteiger partial charge in [-0.1, -0.05) is 55.0 Å². The first kappa shape index (κ1) is 25.6. The molecule has 6 atom stereocenters. The minimum Gasteiger partial charge on any atom is -0.392 e. The number of piperidine rings is 1. The molecule has 0 aromatic heterocycles. The quantitative estimate of drug-likeness (QED) is 0.542. The minimum absolute atomic E-state index is 0.0268. The number of anilines is 1. The third kappa shape index (κ3) is 3.04. The monoisotopic (exact) mass is 582 g/mol. The van der Waals surface area contributed by atoms with E-state index in [9.17, 15) is 10.2 Å². The van der Waals surface area contributed by atoms with Crippen molar-refractivity contribution in [1.82, 2.24) is 9.80 Å². The summed E-state index contributed by atoms with van der Waals surface area (Å²) in [4.78, 5) is 12.8. The molecule has 222 valence electrons. The van der Waals surface area contributed by atoms with Gasteiger partial charge in [-0.3, -0.25) is 4.90 Å². The van der Waals surface area contributed by atoms with Crippen LogP contribution >= 0.6 is 0 Å². The number of aliphatic hydroxyl groups is 2. The number of fused-ring (bicyclic) bond motifs is 7. The Hall–Kier alpha value is -3.71. The van der Waals surface area contributed by atoms with Gasteiger partial charge in [0.25, 0.3) is 0 Å². The van der Waals surface area contributed by atoms with E-state index in [4.69, 9.17) is 4.99 Å². The number of hydrogen-bond acceptors (Lipinski definition) is 6. The number of allylic oxidation sites excluding steroid dienone is 3. The normalized spacial score (nSPS) is 35.0. The topological polar surface area (TPSA) is 62.5 Å². The summed E-state index contributed by atoms with van der Waals surface area (Å²) in [6.45, 7) is 5.21. The van der Waals surface area contributed by atoms with Gasteiger partial charge in [0.05, 0.1) is 35.5 Å². The third-order valence-corrected chi connectivity index (χ3v) is 12.4. The SMILES string of the molecule is CCC1=CN2CCC3=c4ccccc4=NC3=C2C=C1C1=CN2c3ccccc3[C@]34CCN5C/C(=C/CO)[C@H](C[C@H]53)[C@@H]([C@@H]1O)[C@H]24. The number of para-hydroxylation sites is 2. The van der Waals surface area contributed by atoms with Crippen molar-refractivity contribution >= 4 is 11.3 Å². The van der Waals surface area contributed by atoms with Gasteiger partial charge < -0.3 is 20.0 Å². The maximum atomic E-state index is 12.7. The summed E-state index contributed by atoms with van der Waals surface area (Å²) in [6.07, 6.45) is 12.5. The lowest BCUT2D eigenvalue weighted by Gasteiger charge is -2.59. The maximum Gasteiger partial charge on any atom is 0.0913 e. The lowest BCUT2D eigenvalue weighted by Crippen LogP contribution is -2.67. The first-order chi connectivity index (χ1) is 21.6. The molecule has 8 aliphatic rings. The van der Waals surface area contributed by atoms with E-state index in [-0.39, 0.29) is 29.9 Å². The number of benzene rings is 2.